The third kappa shape index (κ3) is 3.29. The third-order valence-corrected chi connectivity index (χ3v) is 4.60. The smallest absolute Gasteiger partial charge is 0.406 e. The number of hydrogen-bond donors (Lipinski definition) is 2. The Hall–Kier alpha value is -3.81. The van der Waals surface area contributed by atoms with Crippen molar-refractivity contribution in [1.29, 1.82) is 0 Å². The highest BCUT2D eigenvalue weighted by Crippen LogP contribution is 2.30. The van der Waals surface area contributed by atoms with E-state index in [1.54, 1.807) is 12.1 Å². The SMILES string of the molecule is FC(F)(F)Oc1ccc(-c2ccc3nc(-c4[nH]nc5ccccc45)[nH]c3c2)cc1. The molecule has 5 aromatic rings. The van der Waals surface area contributed by atoms with Crippen LogP contribution in [0.25, 0.3) is 44.6 Å². The number of para-hydroxylation sites is 1. The number of aromatic amines is 2. The van der Waals surface area contributed by atoms with Crippen LogP contribution < -0.4 is 4.74 Å². The molecule has 5 rings (SSSR count). The molecule has 29 heavy (non-hydrogen) atoms. The molecular formula is C21H13F3N4O. The van der Waals surface area contributed by atoms with Gasteiger partial charge < -0.3 is 9.72 Å². The van der Waals surface area contributed by atoms with Gasteiger partial charge in [-0.3, -0.25) is 5.10 Å². The summed E-state index contributed by atoms with van der Waals surface area (Å²) >= 11 is 0. The molecule has 0 atom stereocenters. The van der Waals surface area contributed by atoms with Gasteiger partial charge in [-0.15, -0.1) is 13.2 Å². The van der Waals surface area contributed by atoms with E-state index in [0.29, 0.717) is 5.82 Å². The first-order chi connectivity index (χ1) is 14.0. The maximum absolute atomic E-state index is 12.3. The van der Waals surface area contributed by atoms with Gasteiger partial charge in [0, 0.05) is 5.39 Å². The van der Waals surface area contributed by atoms with Crippen LogP contribution in [0.1, 0.15) is 0 Å². The molecule has 0 radical (unpaired) electrons. The number of aromatic nitrogens is 4. The van der Waals surface area contributed by atoms with E-state index in [-0.39, 0.29) is 5.75 Å². The van der Waals surface area contributed by atoms with Crippen molar-refractivity contribution in [2.24, 2.45) is 0 Å². The van der Waals surface area contributed by atoms with Crippen molar-refractivity contribution in [3.05, 3.63) is 66.7 Å². The fourth-order valence-corrected chi connectivity index (χ4v) is 3.30. The highest BCUT2D eigenvalue weighted by Gasteiger charge is 2.30. The first-order valence-corrected chi connectivity index (χ1v) is 8.76. The molecule has 2 aromatic heterocycles. The number of alkyl halides is 3. The highest BCUT2D eigenvalue weighted by molar-refractivity contribution is 5.93. The van der Waals surface area contributed by atoms with Gasteiger partial charge in [-0.05, 0) is 41.5 Å². The zero-order chi connectivity index (χ0) is 20.0. The summed E-state index contributed by atoms with van der Waals surface area (Å²) in [6, 6.07) is 19.1. The number of ether oxygens (including phenoxy) is 1. The Balaban J connectivity index is 1.50. The van der Waals surface area contributed by atoms with Gasteiger partial charge in [-0.2, -0.15) is 5.10 Å². The Morgan fingerprint density at radius 3 is 2.38 bits per heavy atom. The van der Waals surface area contributed by atoms with Crippen molar-refractivity contribution < 1.29 is 17.9 Å². The molecule has 0 spiro atoms. The predicted molar refractivity (Wildman–Crippen MR) is 103 cm³/mol. The molecule has 3 aromatic carbocycles. The van der Waals surface area contributed by atoms with Crippen molar-refractivity contribution in [1.82, 2.24) is 20.2 Å². The fourth-order valence-electron chi connectivity index (χ4n) is 3.30. The Kier molecular flexibility index (Phi) is 3.80. The molecule has 2 heterocycles. The van der Waals surface area contributed by atoms with Gasteiger partial charge in [0.25, 0.3) is 0 Å². The summed E-state index contributed by atoms with van der Waals surface area (Å²) in [7, 11) is 0. The minimum atomic E-state index is -4.70. The molecule has 8 heteroatoms. The minimum absolute atomic E-state index is 0.253. The molecule has 0 aliphatic rings. The topological polar surface area (TPSA) is 66.6 Å². The zero-order valence-electron chi connectivity index (χ0n) is 14.8. The highest BCUT2D eigenvalue weighted by atomic mass is 19.4. The van der Waals surface area contributed by atoms with Gasteiger partial charge in [0.15, 0.2) is 5.82 Å². The second kappa shape index (κ2) is 6.37. The van der Waals surface area contributed by atoms with E-state index in [4.69, 9.17) is 0 Å². The molecule has 0 unspecified atom stereocenters. The summed E-state index contributed by atoms with van der Waals surface area (Å²) in [5, 5.41) is 8.26. The largest absolute Gasteiger partial charge is 0.573 e. The number of hydrogen-bond acceptors (Lipinski definition) is 3. The molecule has 0 bridgehead atoms. The number of rotatable bonds is 3. The van der Waals surface area contributed by atoms with Crippen LogP contribution in [0.4, 0.5) is 13.2 Å². The van der Waals surface area contributed by atoms with E-state index in [2.05, 4.69) is 24.9 Å². The normalized spacial score (nSPS) is 12.0. The van der Waals surface area contributed by atoms with E-state index < -0.39 is 6.36 Å². The van der Waals surface area contributed by atoms with E-state index in [1.165, 1.54) is 12.1 Å². The van der Waals surface area contributed by atoms with Crippen molar-refractivity contribution in [2.45, 2.75) is 6.36 Å². The summed E-state index contributed by atoms with van der Waals surface area (Å²) in [6.07, 6.45) is -4.70. The Bertz CT molecular complexity index is 1320. The number of nitrogens with one attached hydrogen (secondary N) is 2. The molecular weight excluding hydrogens is 381 g/mol. The number of imidazole rings is 1. The lowest BCUT2D eigenvalue weighted by molar-refractivity contribution is -0.274. The molecule has 5 nitrogen and oxygen atoms in total. The summed E-state index contributed by atoms with van der Waals surface area (Å²) in [5.41, 5.74) is 4.85. The van der Waals surface area contributed by atoms with Gasteiger partial charge in [0.2, 0.25) is 0 Å². The zero-order valence-corrected chi connectivity index (χ0v) is 14.8. The second-order valence-electron chi connectivity index (χ2n) is 6.51. The molecule has 0 amide bonds. The van der Waals surface area contributed by atoms with Crippen LogP contribution >= 0.6 is 0 Å². The molecule has 0 aliphatic carbocycles. The third-order valence-electron chi connectivity index (χ3n) is 4.60. The lowest BCUT2D eigenvalue weighted by Crippen LogP contribution is -2.16. The lowest BCUT2D eigenvalue weighted by Gasteiger charge is -2.09. The van der Waals surface area contributed by atoms with Crippen LogP contribution in [0.5, 0.6) is 5.75 Å². The fraction of sp³-hybridized carbons (Fsp3) is 0.0476. The van der Waals surface area contributed by atoms with E-state index in [1.807, 2.05) is 42.5 Å². The van der Waals surface area contributed by atoms with Gasteiger partial charge in [0.1, 0.15) is 11.4 Å². The average molecular weight is 394 g/mol. The van der Waals surface area contributed by atoms with Crippen LogP contribution in [-0.4, -0.2) is 26.5 Å². The van der Waals surface area contributed by atoms with Crippen molar-refractivity contribution in [2.75, 3.05) is 0 Å². The van der Waals surface area contributed by atoms with Gasteiger partial charge in [-0.1, -0.05) is 36.4 Å². The number of halogens is 3. The maximum Gasteiger partial charge on any atom is 0.573 e. The van der Waals surface area contributed by atoms with Crippen LogP contribution in [0.2, 0.25) is 0 Å². The van der Waals surface area contributed by atoms with E-state index in [0.717, 1.165) is 38.8 Å². The lowest BCUT2D eigenvalue weighted by atomic mass is 10.1. The summed E-state index contributed by atoms with van der Waals surface area (Å²) in [6.45, 7) is 0. The molecule has 0 aliphatic heterocycles. The summed E-state index contributed by atoms with van der Waals surface area (Å²) < 4.78 is 40.9. The predicted octanol–water partition coefficient (Wildman–Crippen LogP) is 5.67. The number of fused-ring (bicyclic) bond motifs is 2. The monoisotopic (exact) mass is 394 g/mol. The first kappa shape index (κ1) is 17.3. The Morgan fingerprint density at radius 1 is 0.828 bits per heavy atom. The number of benzene rings is 3. The molecule has 2 N–H and O–H groups in total. The van der Waals surface area contributed by atoms with Crippen LogP contribution in [0.15, 0.2) is 66.7 Å². The van der Waals surface area contributed by atoms with Gasteiger partial charge in [-0.25, -0.2) is 4.98 Å². The van der Waals surface area contributed by atoms with Crippen molar-refractivity contribution in [3.8, 4) is 28.4 Å². The number of nitrogens with zero attached hydrogens (tertiary/aromatic N) is 2. The average Bonchev–Trinajstić information content (AvgIpc) is 3.30. The van der Waals surface area contributed by atoms with Crippen LogP contribution in [0, 0.1) is 0 Å². The van der Waals surface area contributed by atoms with E-state index >= 15 is 0 Å². The Labute approximate surface area is 162 Å². The summed E-state index contributed by atoms with van der Waals surface area (Å²) in [5.74, 6) is 0.414. The van der Waals surface area contributed by atoms with Crippen molar-refractivity contribution >= 4 is 21.9 Å². The first-order valence-electron chi connectivity index (χ1n) is 8.76. The van der Waals surface area contributed by atoms with Gasteiger partial charge >= 0.3 is 6.36 Å². The Morgan fingerprint density at radius 2 is 1.59 bits per heavy atom. The van der Waals surface area contributed by atoms with Crippen LogP contribution in [0.3, 0.4) is 0 Å². The molecule has 0 saturated carbocycles. The standard InChI is InChI=1S/C21H13F3N4O/c22-21(23,24)29-14-8-5-12(6-9-14)13-7-10-17-18(11-13)26-20(25-17)19-15-3-1-2-4-16(15)27-28-19/h1-11H,(H,25,26)(H,27,28). The van der Waals surface area contributed by atoms with Crippen molar-refractivity contribution in [3.63, 3.8) is 0 Å². The molecule has 144 valence electrons. The second-order valence-corrected chi connectivity index (χ2v) is 6.51. The summed E-state index contributed by atoms with van der Waals surface area (Å²) in [4.78, 5) is 7.91. The number of H-pyrrole nitrogens is 2. The van der Waals surface area contributed by atoms with E-state index in [9.17, 15) is 13.2 Å². The quantitative estimate of drug-likeness (QED) is 0.414. The molecule has 0 fully saturated rings. The molecule has 0 saturated heterocycles. The minimum Gasteiger partial charge on any atom is -0.406 e. The maximum atomic E-state index is 12.3. The van der Waals surface area contributed by atoms with Gasteiger partial charge in [0.05, 0.1) is 16.6 Å². The van der Waals surface area contributed by atoms with Crippen LogP contribution in [-0.2, 0) is 0 Å².